The van der Waals surface area contributed by atoms with Gasteiger partial charge in [0.2, 0.25) is 0 Å². The summed E-state index contributed by atoms with van der Waals surface area (Å²) in [6, 6.07) is 47.7. The first kappa shape index (κ1) is 50.5. The Morgan fingerprint density at radius 1 is 0.577 bits per heavy atom. The topological polar surface area (TPSA) is 56.7 Å². The molecular formula is C59H48F6IrN4O-2. The minimum atomic E-state index is -5.00. The standard InChI is InChI=1S/C48H40F6N3O.C11H8N.Ir/c1-26(2)36-21-29(28-15-17-31(18-16-28)46(5,6)7)22-37(27(3)4)43(36)57-41-14-9-8-13-39(41)56-45(57)35-12-10-11-34-38-25-55-40(24-42(38)58-44(34)35)30-19-32(47(49,50)51)23-33(20-30)48(52,53)54;1-2-6-10(7-3-1)11-8-4-5-9-12-11;/h8-11,13-27H,1-7H3;1-6,8-9H;/q2*-1;. The third-order valence-corrected chi connectivity index (χ3v) is 12.4. The second-order valence-electron chi connectivity index (χ2n) is 18.9. The SMILES string of the molecule is CC(C)c1cc(-c2ccc(C(C)(C)C)cc2)cc(C(C)C)c1-n1c(-c2[c-]ccc3c2oc2cc(-c4cc(C(F)(F)F)cc(C(F)(F)F)c4)ncc23)nc2ccccc21.[Ir].[c-]1ccccc1-c1ccccn1. The van der Waals surface area contributed by atoms with E-state index in [1.54, 1.807) is 18.3 Å². The number of hydrogen-bond acceptors (Lipinski definition) is 4. The average molecular weight is 1140 g/mol. The van der Waals surface area contributed by atoms with E-state index in [1.165, 1.54) is 17.8 Å². The Hall–Kier alpha value is -6.88. The van der Waals surface area contributed by atoms with Gasteiger partial charge in [0.25, 0.3) is 0 Å². The maximum absolute atomic E-state index is 13.7. The molecule has 0 atom stereocenters. The summed E-state index contributed by atoms with van der Waals surface area (Å²) in [5.41, 5.74) is 8.27. The van der Waals surface area contributed by atoms with Crippen molar-refractivity contribution in [3.63, 3.8) is 0 Å². The molecule has 6 aromatic carbocycles. The van der Waals surface area contributed by atoms with Gasteiger partial charge in [0.15, 0.2) is 0 Å². The van der Waals surface area contributed by atoms with Crippen molar-refractivity contribution in [1.82, 2.24) is 19.5 Å². The summed E-state index contributed by atoms with van der Waals surface area (Å²) < 4.78 is 91.1. The fourth-order valence-corrected chi connectivity index (χ4v) is 8.71. The number of imidazole rings is 1. The van der Waals surface area contributed by atoms with Crippen molar-refractivity contribution in [3.05, 3.63) is 192 Å². The smallest absolute Gasteiger partial charge is 0.416 e. The molecule has 10 aromatic rings. The normalized spacial score (nSPS) is 12.2. The minimum absolute atomic E-state index is 0. The molecule has 1 radical (unpaired) electrons. The zero-order valence-electron chi connectivity index (χ0n) is 39.9. The van der Waals surface area contributed by atoms with Crippen LogP contribution in [0.1, 0.15) is 88.1 Å². The molecule has 0 saturated carbocycles. The van der Waals surface area contributed by atoms with Crippen molar-refractivity contribution in [2.75, 3.05) is 0 Å². The Bertz CT molecular complexity index is 3400. The molecule has 0 aliphatic rings. The van der Waals surface area contributed by atoms with E-state index in [-0.39, 0.29) is 60.3 Å². The molecule has 0 aliphatic heterocycles. The first-order chi connectivity index (χ1) is 33.3. The molecule has 0 N–H and O–H groups in total. The molecule has 4 heterocycles. The molecule has 0 unspecified atom stereocenters. The molecule has 0 aliphatic carbocycles. The second-order valence-corrected chi connectivity index (χ2v) is 18.9. The van der Waals surface area contributed by atoms with Crippen LogP contribution in [0, 0.1) is 12.1 Å². The van der Waals surface area contributed by atoms with Gasteiger partial charge in [0.1, 0.15) is 5.58 Å². The largest absolute Gasteiger partial charge is 0.500 e. The van der Waals surface area contributed by atoms with E-state index in [0.29, 0.717) is 39.9 Å². The predicted octanol–water partition coefficient (Wildman–Crippen LogP) is 17.2. The number of pyridine rings is 2. The Morgan fingerprint density at radius 3 is 1.82 bits per heavy atom. The second kappa shape index (κ2) is 19.7. The number of para-hydroxylation sites is 2. The summed E-state index contributed by atoms with van der Waals surface area (Å²) in [4.78, 5) is 13.7. The zero-order valence-corrected chi connectivity index (χ0v) is 42.3. The van der Waals surface area contributed by atoms with E-state index in [4.69, 9.17) is 9.40 Å². The fraction of sp³-hybridized carbons (Fsp3) is 0.203. The summed E-state index contributed by atoms with van der Waals surface area (Å²) in [6.45, 7) is 15.3. The van der Waals surface area contributed by atoms with Crippen molar-refractivity contribution < 1.29 is 50.9 Å². The third kappa shape index (κ3) is 10.3. The van der Waals surface area contributed by atoms with Gasteiger partial charge in [-0.05, 0) is 99.3 Å². The zero-order chi connectivity index (χ0) is 49.7. The van der Waals surface area contributed by atoms with Gasteiger partial charge in [0.05, 0.1) is 39.3 Å². The molecule has 0 fully saturated rings. The fourth-order valence-electron chi connectivity index (χ4n) is 8.71. The Labute approximate surface area is 422 Å². The molecule has 5 nitrogen and oxygen atoms in total. The van der Waals surface area contributed by atoms with Crippen LogP contribution in [0.25, 0.3) is 83.7 Å². The van der Waals surface area contributed by atoms with Gasteiger partial charge >= 0.3 is 12.4 Å². The van der Waals surface area contributed by atoms with E-state index in [9.17, 15) is 26.3 Å². The third-order valence-electron chi connectivity index (χ3n) is 12.4. The first-order valence-electron chi connectivity index (χ1n) is 22.9. The monoisotopic (exact) mass is 1140 g/mol. The van der Waals surface area contributed by atoms with Crippen molar-refractivity contribution >= 4 is 33.0 Å². The summed E-state index contributed by atoms with van der Waals surface area (Å²) in [7, 11) is 0. The first-order valence-corrected chi connectivity index (χ1v) is 22.9. The Balaban J connectivity index is 0.000000452. The van der Waals surface area contributed by atoms with Gasteiger partial charge in [0, 0.05) is 55.2 Å². The van der Waals surface area contributed by atoms with E-state index < -0.39 is 23.5 Å². The van der Waals surface area contributed by atoms with Crippen molar-refractivity contribution in [2.45, 2.75) is 78.1 Å². The molecule has 0 saturated heterocycles. The molecule has 0 spiro atoms. The summed E-state index contributed by atoms with van der Waals surface area (Å²) in [5, 5.41) is 1.18. The van der Waals surface area contributed by atoms with E-state index in [0.717, 1.165) is 50.2 Å². The molecule has 363 valence electrons. The molecule has 0 amide bonds. The number of hydrogen-bond donors (Lipinski definition) is 0. The van der Waals surface area contributed by atoms with Gasteiger partial charge in [-0.15, -0.1) is 54.1 Å². The van der Waals surface area contributed by atoms with Crippen LogP contribution in [-0.2, 0) is 37.9 Å². The summed E-state index contributed by atoms with van der Waals surface area (Å²) >= 11 is 0. The Kier molecular flexibility index (Phi) is 14.0. The average Bonchev–Trinajstić information content (AvgIpc) is 3.92. The van der Waals surface area contributed by atoms with Gasteiger partial charge in [-0.2, -0.15) is 26.3 Å². The van der Waals surface area contributed by atoms with Gasteiger partial charge in [-0.25, -0.2) is 0 Å². The summed E-state index contributed by atoms with van der Waals surface area (Å²) in [5.74, 6) is 0.789. The van der Waals surface area contributed by atoms with Crippen molar-refractivity contribution in [2.24, 2.45) is 0 Å². The van der Waals surface area contributed by atoms with E-state index in [1.807, 2.05) is 66.7 Å². The van der Waals surface area contributed by atoms with E-state index in [2.05, 4.69) is 112 Å². The number of furan rings is 1. The number of rotatable bonds is 7. The van der Waals surface area contributed by atoms with Gasteiger partial charge in [-0.3, -0.25) is 9.97 Å². The van der Waals surface area contributed by atoms with Crippen LogP contribution in [0.3, 0.4) is 0 Å². The minimum Gasteiger partial charge on any atom is -0.500 e. The quantitative estimate of drug-likeness (QED) is 0.118. The van der Waals surface area contributed by atoms with Crippen LogP contribution in [0.15, 0.2) is 156 Å². The van der Waals surface area contributed by atoms with Crippen LogP contribution < -0.4 is 0 Å². The number of aromatic nitrogens is 4. The maximum atomic E-state index is 13.7. The number of nitrogens with zero attached hydrogens (tertiary/aromatic N) is 4. The van der Waals surface area contributed by atoms with Crippen LogP contribution in [-0.4, -0.2) is 19.5 Å². The van der Waals surface area contributed by atoms with Crippen LogP contribution >= 0.6 is 0 Å². The number of halogens is 6. The summed E-state index contributed by atoms with van der Waals surface area (Å²) in [6.07, 6.45) is -6.80. The van der Waals surface area contributed by atoms with Gasteiger partial charge < -0.3 is 14.0 Å². The maximum Gasteiger partial charge on any atom is 0.416 e. The van der Waals surface area contributed by atoms with Crippen molar-refractivity contribution in [1.29, 1.82) is 0 Å². The Morgan fingerprint density at radius 2 is 1.23 bits per heavy atom. The predicted molar refractivity (Wildman–Crippen MR) is 267 cm³/mol. The molecule has 0 bridgehead atoms. The van der Waals surface area contributed by atoms with Gasteiger partial charge in [-0.1, -0.05) is 108 Å². The molecular weight excluding hydrogens is 1090 g/mol. The molecule has 10 rings (SSSR count). The molecule has 4 aromatic heterocycles. The number of fused-ring (bicyclic) bond motifs is 4. The van der Waals surface area contributed by atoms with Crippen LogP contribution in [0.5, 0.6) is 0 Å². The number of alkyl halides is 6. The van der Waals surface area contributed by atoms with Crippen molar-refractivity contribution in [3.8, 4) is 50.7 Å². The molecule has 71 heavy (non-hydrogen) atoms. The molecule has 12 heteroatoms. The van der Waals surface area contributed by atoms with E-state index >= 15 is 0 Å². The van der Waals surface area contributed by atoms with Crippen LogP contribution in [0.2, 0.25) is 0 Å². The number of benzene rings is 6. The van der Waals surface area contributed by atoms with Crippen LogP contribution in [0.4, 0.5) is 26.3 Å².